The zero-order valence-corrected chi connectivity index (χ0v) is 17.9. The molecule has 156 valence electrons. The number of benzene rings is 1. The van der Waals surface area contributed by atoms with E-state index < -0.39 is 0 Å². The fourth-order valence-electron chi connectivity index (χ4n) is 3.65. The van der Waals surface area contributed by atoms with Gasteiger partial charge in [-0.15, -0.1) is 11.3 Å². The minimum absolute atomic E-state index is 0.0135. The third-order valence-corrected chi connectivity index (χ3v) is 6.53. The van der Waals surface area contributed by atoms with Crippen LogP contribution < -0.4 is 10.3 Å². The highest BCUT2D eigenvalue weighted by atomic mass is 32.1. The Morgan fingerprint density at radius 1 is 1.30 bits per heavy atom. The number of thiophene rings is 1. The van der Waals surface area contributed by atoms with E-state index in [2.05, 4.69) is 9.97 Å². The minimum Gasteiger partial charge on any atom is -0.504 e. The van der Waals surface area contributed by atoms with E-state index in [4.69, 9.17) is 4.74 Å². The molecule has 0 atom stereocenters. The van der Waals surface area contributed by atoms with E-state index in [0.717, 1.165) is 23.3 Å². The highest BCUT2D eigenvalue weighted by molar-refractivity contribution is 7.18. The largest absolute Gasteiger partial charge is 0.504 e. The third kappa shape index (κ3) is 3.59. The quantitative estimate of drug-likeness (QED) is 0.624. The van der Waals surface area contributed by atoms with Crippen LogP contribution in [0.2, 0.25) is 0 Å². The highest BCUT2D eigenvalue weighted by Gasteiger charge is 2.25. The molecule has 1 aliphatic heterocycles. The van der Waals surface area contributed by atoms with E-state index in [1.165, 1.54) is 24.5 Å². The molecule has 1 amide bonds. The van der Waals surface area contributed by atoms with Crippen LogP contribution in [0.5, 0.6) is 11.5 Å². The molecule has 1 saturated heterocycles. The van der Waals surface area contributed by atoms with Crippen molar-refractivity contribution in [2.45, 2.75) is 26.7 Å². The van der Waals surface area contributed by atoms with Gasteiger partial charge < -0.3 is 19.7 Å². The SMILES string of the molecule is COc1cc(/C=C(/C(=O)N2CCCC2)c2nc3sc(C)c(C)c3c(=O)[nH]2)ccc1O. The van der Waals surface area contributed by atoms with Crippen molar-refractivity contribution in [3.8, 4) is 11.5 Å². The number of carbonyl (C=O) groups excluding carboxylic acids is 1. The van der Waals surface area contributed by atoms with Gasteiger partial charge in [0.15, 0.2) is 11.5 Å². The Hall–Kier alpha value is -3.13. The number of hydrogen-bond acceptors (Lipinski definition) is 6. The molecule has 3 aromatic rings. The van der Waals surface area contributed by atoms with E-state index >= 15 is 0 Å². The minimum atomic E-state index is -0.250. The number of fused-ring (bicyclic) bond motifs is 1. The number of likely N-dealkylation sites (tertiary alicyclic amines) is 1. The van der Waals surface area contributed by atoms with Crippen LogP contribution in [0, 0.1) is 13.8 Å². The average Bonchev–Trinajstić information content (AvgIpc) is 3.35. The maximum atomic E-state index is 13.3. The zero-order valence-electron chi connectivity index (χ0n) is 17.1. The Bertz CT molecular complexity index is 1220. The van der Waals surface area contributed by atoms with Crippen molar-refractivity contribution >= 4 is 39.1 Å². The van der Waals surface area contributed by atoms with Crippen molar-refractivity contribution in [1.29, 1.82) is 0 Å². The first-order chi connectivity index (χ1) is 14.4. The van der Waals surface area contributed by atoms with Crippen molar-refractivity contribution in [2.24, 2.45) is 0 Å². The number of methoxy groups -OCH3 is 1. The summed E-state index contributed by atoms with van der Waals surface area (Å²) in [6.45, 7) is 5.22. The van der Waals surface area contributed by atoms with Crippen molar-refractivity contribution in [3.05, 3.63) is 50.4 Å². The topological polar surface area (TPSA) is 95.5 Å². The normalized spacial score (nSPS) is 14.5. The molecular weight excluding hydrogens is 402 g/mol. The summed E-state index contributed by atoms with van der Waals surface area (Å²) in [5.74, 6) is 0.391. The number of amides is 1. The number of hydrogen-bond donors (Lipinski definition) is 2. The summed E-state index contributed by atoms with van der Waals surface area (Å²) in [7, 11) is 1.47. The molecule has 4 rings (SSSR count). The van der Waals surface area contributed by atoms with Crippen LogP contribution in [0.15, 0.2) is 23.0 Å². The number of aromatic amines is 1. The lowest BCUT2D eigenvalue weighted by Gasteiger charge is -2.17. The van der Waals surface area contributed by atoms with E-state index in [9.17, 15) is 14.7 Å². The van der Waals surface area contributed by atoms with Gasteiger partial charge in [-0.05, 0) is 56.0 Å². The molecule has 0 bridgehead atoms. The predicted molar refractivity (Wildman–Crippen MR) is 118 cm³/mol. The van der Waals surface area contributed by atoms with Gasteiger partial charge in [0.05, 0.1) is 18.1 Å². The molecule has 1 aliphatic rings. The molecule has 0 saturated carbocycles. The molecule has 1 aromatic carbocycles. The summed E-state index contributed by atoms with van der Waals surface area (Å²) in [5, 5.41) is 10.4. The van der Waals surface area contributed by atoms with Gasteiger partial charge in [0, 0.05) is 18.0 Å². The van der Waals surface area contributed by atoms with Gasteiger partial charge in [-0.2, -0.15) is 0 Å². The first kappa shape index (κ1) is 20.2. The molecule has 30 heavy (non-hydrogen) atoms. The zero-order chi connectivity index (χ0) is 21.4. The summed E-state index contributed by atoms with van der Waals surface area (Å²) in [4.78, 5) is 37.0. The standard InChI is InChI=1S/C22H23N3O4S/c1-12-13(2)30-21-18(12)20(27)23-19(24-21)15(22(28)25-8-4-5-9-25)10-14-6-7-16(26)17(11-14)29-3/h6-7,10-11,26H,4-5,8-9H2,1-3H3,(H,23,24,27)/b15-10+. The van der Waals surface area contributed by atoms with Gasteiger partial charge in [0.1, 0.15) is 10.7 Å². The van der Waals surface area contributed by atoms with Crippen molar-refractivity contribution in [2.75, 3.05) is 20.2 Å². The van der Waals surface area contributed by atoms with Crippen LogP contribution in [-0.4, -0.2) is 46.1 Å². The van der Waals surface area contributed by atoms with Crippen LogP contribution in [0.25, 0.3) is 21.9 Å². The van der Waals surface area contributed by atoms with Crippen molar-refractivity contribution in [3.63, 3.8) is 0 Å². The number of H-pyrrole nitrogens is 1. The lowest BCUT2D eigenvalue weighted by molar-refractivity contribution is -0.123. The molecule has 0 radical (unpaired) electrons. The molecule has 0 unspecified atom stereocenters. The second-order valence-corrected chi connectivity index (χ2v) is 8.57. The maximum Gasteiger partial charge on any atom is 0.260 e. The number of ether oxygens (including phenoxy) is 1. The van der Waals surface area contributed by atoms with Crippen molar-refractivity contribution < 1.29 is 14.6 Å². The van der Waals surface area contributed by atoms with Crippen LogP contribution in [0.4, 0.5) is 0 Å². The number of phenolic OH excluding ortho intramolecular Hbond substituents is 1. The third-order valence-electron chi connectivity index (χ3n) is 5.43. The second kappa shape index (κ2) is 7.95. The summed E-state index contributed by atoms with van der Waals surface area (Å²) in [5.41, 5.74) is 1.64. The number of aromatic nitrogens is 2. The van der Waals surface area contributed by atoms with Gasteiger partial charge in [0.2, 0.25) is 0 Å². The predicted octanol–water partition coefficient (Wildman–Crippen LogP) is 3.48. The lowest BCUT2D eigenvalue weighted by atomic mass is 10.1. The van der Waals surface area contributed by atoms with E-state index in [-0.39, 0.29) is 23.0 Å². The smallest absolute Gasteiger partial charge is 0.260 e. The number of carbonyl (C=O) groups is 1. The van der Waals surface area contributed by atoms with Gasteiger partial charge in [0.25, 0.3) is 11.5 Å². The van der Waals surface area contributed by atoms with Crippen LogP contribution in [0.1, 0.15) is 34.7 Å². The first-order valence-electron chi connectivity index (χ1n) is 9.77. The molecule has 2 aromatic heterocycles. The average molecular weight is 426 g/mol. The van der Waals surface area contributed by atoms with Gasteiger partial charge in [-0.3, -0.25) is 9.59 Å². The fraction of sp³-hybridized carbons (Fsp3) is 0.318. The number of nitrogens with one attached hydrogen (secondary N) is 1. The number of aromatic hydroxyl groups is 1. The first-order valence-corrected chi connectivity index (χ1v) is 10.6. The summed E-state index contributed by atoms with van der Waals surface area (Å²) < 4.78 is 5.18. The number of phenols is 1. The van der Waals surface area contributed by atoms with Crippen LogP contribution in [-0.2, 0) is 4.79 Å². The second-order valence-electron chi connectivity index (χ2n) is 7.37. The summed E-state index contributed by atoms with van der Waals surface area (Å²) in [6.07, 6.45) is 3.59. The Morgan fingerprint density at radius 3 is 2.73 bits per heavy atom. The van der Waals surface area contributed by atoms with Crippen LogP contribution in [0.3, 0.4) is 0 Å². The van der Waals surface area contributed by atoms with Gasteiger partial charge >= 0.3 is 0 Å². The Labute approximate surface area is 177 Å². The number of nitrogens with zero attached hydrogens (tertiary/aromatic N) is 2. The molecule has 1 fully saturated rings. The Morgan fingerprint density at radius 2 is 2.03 bits per heavy atom. The molecule has 7 nitrogen and oxygen atoms in total. The molecule has 3 heterocycles. The maximum absolute atomic E-state index is 13.3. The molecule has 0 spiro atoms. The monoisotopic (exact) mass is 425 g/mol. The fourth-order valence-corrected chi connectivity index (χ4v) is 4.68. The lowest BCUT2D eigenvalue weighted by Crippen LogP contribution is -2.29. The number of aryl methyl sites for hydroxylation is 2. The van der Waals surface area contributed by atoms with Crippen molar-refractivity contribution in [1.82, 2.24) is 14.9 Å². The Balaban J connectivity index is 1.88. The van der Waals surface area contributed by atoms with E-state index in [1.807, 2.05) is 13.8 Å². The molecule has 0 aliphatic carbocycles. The van der Waals surface area contributed by atoms with E-state index in [0.29, 0.717) is 40.2 Å². The van der Waals surface area contributed by atoms with Gasteiger partial charge in [-0.1, -0.05) is 6.07 Å². The summed E-state index contributed by atoms with van der Waals surface area (Å²) >= 11 is 1.45. The highest BCUT2D eigenvalue weighted by Crippen LogP contribution is 2.30. The molecule has 2 N–H and O–H groups in total. The molecular formula is C22H23N3O4S. The summed E-state index contributed by atoms with van der Waals surface area (Å²) in [6, 6.07) is 4.84. The van der Waals surface area contributed by atoms with E-state index in [1.54, 1.807) is 23.1 Å². The molecule has 8 heteroatoms. The Kier molecular flexibility index (Phi) is 5.34. The van der Waals surface area contributed by atoms with Gasteiger partial charge in [-0.25, -0.2) is 4.98 Å². The van der Waals surface area contributed by atoms with Crippen LogP contribution >= 0.6 is 11.3 Å². The number of rotatable bonds is 4.